The van der Waals surface area contributed by atoms with E-state index >= 15 is 0 Å². The molecule has 4 fully saturated rings. The van der Waals surface area contributed by atoms with Gasteiger partial charge in [-0.1, -0.05) is 13.8 Å². The third-order valence-electron chi connectivity index (χ3n) is 7.98. The number of rotatable bonds is 1. The van der Waals surface area contributed by atoms with Crippen LogP contribution >= 0.6 is 0 Å². The molecule has 3 heterocycles. The van der Waals surface area contributed by atoms with Gasteiger partial charge in [-0.25, -0.2) is 4.79 Å². The van der Waals surface area contributed by atoms with Crippen LogP contribution in [0.3, 0.4) is 0 Å². The molecular weight excluding hydrogens is 292 g/mol. The van der Waals surface area contributed by atoms with Crippen molar-refractivity contribution < 1.29 is 19.0 Å². The van der Waals surface area contributed by atoms with E-state index in [1.807, 2.05) is 0 Å². The molecule has 23 heavy (non-hydrogen) atoms. The van der Waals surface area contributed by atoms with Crippen LogP contribution in [0.4, 0.5) is 0 Å². The molecule has 0 aromatic rings. The molecule has 2 saturated heterocycles. The summed E-state index contributed by atoms with van der Waals surface area (Å²) >= 11 is 0. The van der Waals surface area contributed by atoms with Crippen LogP contribution in [0.15, 0.2) is 11.1 Å². The van der Waals surface area contributed by atoms with E-state index in [0.717, 1.165) is 18.4 Å². The number of cyclic esters (lactones) is 1. The molecule has 4 heteroatoms. The number of hydrogen-bond acceptors (Lipinski definition) is 4. The van der Waals surface area contributed by atoms with Crippen LogP contribution in [0.5, 0.6) is 0 Å². The first-order chi connectivity index (χ1) is 11.1. The Labute approximate surface area is 136 Å². The molecule has 3 aliphatic heterocycles. The lowest BCUT2D eigenvalue weighted by molar-refractivity contribution is -0.136. The van der Waals surface area contributed by atoms with Crippen molar-refractivity contribution in [1.29, 1.82) is 0 Å². The van der Waals surface area contributed by atoms with Gasteiger partial charge in [0.25, 0.3) is 0 Å². The lowest BCUT2D eigenvalue weighted by atomic mass is 9.54. The highest BCUT2D eigenvalue weighted by Crippen LogP contribution is 2.72. The molecule has 7 atom stereocenters. The van der Waals surface area contributed by atoms with E-state index in [9.17, 15) is 4.79 Å². The molecule has 2 saturated carbocycles. The summed E-state index contributed by atoms with van der Waals surface area (Å²) < 4.78 is 18.0. The molecule has 6 aliphatic rings. The maximum Gasteiger partial charge on any atom is 0.334 e. The summed E-state index contributed by atoms with van der Waals surface area (Å²) in [6.07, 6.45) is 6.21. The average molecular weight is 316 g/mol. The van der Waals surface area contributed by atoms with Crippen LogP contribution in [0, 0.1) is 23.7 Å². The molecule has 7 unspecified atom stereocenters. The van der Waals surface area contributed by atoms with Crippen molar-refractivity contribution >= 4 is 5.97 Å². The molecular formula is C19H24O4. The van der Waals surface area contributed by atoms with Crippen LogP contribution < -0.4 is 0 Å². The summed E-state index contributed by atoms with van der Waals surface area (Å²) in [6, 6.07) is 0. The minimum Gasteiger partial charge on any atom is -0.458 e. The van der Waals surface area contributed by atoms with Gasteiger partial charge in [-0.3, -0.25) is 0 Å². The lowest BCUT2D eigenvalue weighted by Gasteiger charge is -2.47. The molecule has 0 radical (unpaired) electrons. The fourth-order valence-corrected chi connectivity index (χ4v) is 6.75. The van der Waals surface area contributed by atoms with E-state index < -0.39 is 0 Å². The third kappa shape index (κ3) is 1.37. The molecule has 0 bridgehead atoms. The smallest absolute Gasteiger partial charge is 0.334 e. The van der Waals surface area contributed by atoms with Crippen molar-refractivity contribution in [3.63, 3.8) is 0 Å². The van der Waals surface area contributed by atoms with Gasteiger partial charge >= 0.3 is 5.97 Å². The summed E-state index contributed by atoms with van der Waals surface area (Å²) in [7, 11) is 0. The zero-order valence-electron chi connectivity index (χ0n) is 13.8. The van der Waals surface area contributed by atoms with Crippen molar-refractivity contribution in [1.82, 2.24) is 0 Å². The highest BCUT2D eigenvalue weighted by atomic mass is 16.7. The molecule has 6 rings (SSSR count). The van der Waals surface area contributed by atoms with Gasteiger partial charge in [0.05, 0.1) is 0 Å². The molecule has 0 aromatic carbocycles. The number of fused-ring (bicyclic) bond motifs is 4. The molecule has 0 N–H and O–H groups in total. The number of carbonyl (C=O) groups is 1. The van der Waals surface area contributed by atoms with Gasteiger partial charge in [-0.2, -0.15) is 0 Å². The lowest BCUT2D eigenvalue weighted by Crippen LogP contribution is -2.51. The van der Waals surface area contributed by atoms with Gasteiger partial charge in [0.2, 0.25) is 0 Å². The highest BCUT2D eigenvalue weighted by molar-refractivity contribution is 5.92. The van der Waals surface area contributed by atoms with Gasteiger partial charge in [0.15, 0.2) is 0 Å². The number of hydrogen-bond donors (Lipinski definition) is 0. The third-order valence-corrected chi connectivity index (χ3v) is 7.98. The predicted molar refractivity (Wildman–Crippen MR) is 81.6 cm³/mol. The maximum atomic E-state index is 11.9. The van der Waals surface area contributed by atoms with Crippen LogP contribution in [0.1, 0.15) is 46.0 Å². The standard InChI is InChI=1S/C19H24O4/c1-9(2)18-7-10-3-4-11-13-8-21-17(20)12(13)5-6-14(11)19(10)16(23-19)15(18)22-18/h9-11,14-16H,3-8H2,1-2H3. The van der Waals surface area contributed by atoms with Gasteiger partial charge in [-0.05, 0) is 61.3 Å². The zero-order chi connectivity index (χ0) is 15.6. The van der Waals surface area contributed by atoms with Crippen LogP contribution in [0.25, 0.3) is 0 Å². The van der Waals surface area contributed by atoms with Gasteiger partial charge in [0, 0.05) is 5.57 Å². The monoisotopic (exact) mass is 316 g/mol. The van der Waals surface area contributed by atoms with Crippen molar-refractivity contribution in [2.45, 2.75) is 69.4 Å². The first-order valence-electron chi connectivity index (χ1n) is 9.32. The largest absolute Gasteiger partial charge is 0.458 e. The molecule has 0 aromatic heterocycles. The molecule has 124 valence electrons. The second kappa shape index (κ2) is 3.85. The maximum absolute atomic E-state index is 11.9. The fourth-order valence-electron chi connectivity index (χ4n) is 6.75. The van der Waals surface area contributed by atoms with Crippen molar-refractivity contribution in [2.24, 2.45) is 23.7 Å². The first-order valence-corrected chi connectivity index (χ1v) is 9.32. The van der Waals surface area contributed by atoms with Gasteiger partial charge < -0.3 is 14.2 Å². The Morgan fingerprint density at radius 2 is 2.00 bits per heavy atom. The van der Waals surface area contributed by atoms with Crippen LogP contribution in [-0.2, 0) is 19.0 Å². The molecule has 3 aliphatic carbocycles. The Hall–Kier alpha value is -0.870. The number of carbonyl (C=O) groups excluding carboxylic acids is 1. The quantitative estimate of drug-likeness (QED) is 0.551. The Bertz CT molecular complexity index is 652. The number of esters is 1. The summed E-state index contributed by atoms with van der Waals surface area (Å²) in [5.74, 6) is 2.26. The zero-order valence-corrected chi connectivity index (χ0v) is 13.8. The van der Waals surface area contributed by atoms with Crippen molar-refractivity contribution in [3.8, 4) is 0 Å². The minimum absolute atomic E-state index is 0.0562. The van der Waals surface area contributed by atoms with E-state index in [1.54, 1.807) is 0 Å². The van der Waals surface area contributed by atoms with Crippen LogP contribution in [-0.4, -0.2) is 36.0 Å². The van der Waals surface area contributed by atoms with E-state index in [1.165, 1.54) is 24.8 Å². The highest BCUT2D eigenvalue weighted by Gasteiger charge is 2.83. The molecule has 4 nitrogen and oxygen atoms in total. The Kier molecular flexibility index (Phi) is 2.25. The minimum atomic E-state index is -0.0562. The normalized spacial score (nSPS) is 55.4. The molecule has 0 amide bonds. The van der Waals surface area contributed by atoms with E-state index in [-0.39, 0.29) is 17.2 Å². The Morgan fingerprint density at radius 1 is 1.13 bits per heavy atom. The summed E-state index contributed by atoms with van der Waals surface area (Å²) in [6.45, 7) is 5.12. The summed E-state index contributed by atoms with van der Waals surface area (Å²) in [5.41, 5.74) is 2.47. The average Bonchev–Trinajstić information content (AvgIpc) is 3.40. The van der Waals surface area contributed by atoms with Gasteiger partial charge in [-0.15, -0.1) is 0 Å². The summed E-state index contributed by atoms with van der Waals surface area (Å²) in [5, 5.41) is 0. The predicted octanol–water partition coefficient (Wildman–Crippen LogP) is 2.61. The fraction of sp³-hybridized carbons (Fsp3) is 0.842. The topological polar surface area (TPSA) is 51.4 Å². The second-order valence-electron chi connectivity index (χ2n) is 8.85. The van der Waals surface area contributed by atoms with E-state index in [2.05, 4.69) is 13.8 Å². The SMILES string of the molecule is CC(C)C12CC3CCC4C5=C(CCC4C34OC4C1O2)C(=O)OC5. The van der Waals surface area contributed by atoms with Crippen LogP contribution in [0.2, 0.25) is 0 Å². The van der Waals surface area contributed by atoms with E-state index in [0.29, 0.717) is 42.5 Å². The Balaban J connectivity index is 1.36. The van der Waals surface area contributed by atoms with Gasteiger partial charge in [0.1, 0.15) is 30.0 Å². The summed E-state index contributed by atoms with van der Waals surface area (Å²) in [4.78, 5) is 11.9. The Morgan fingerprint density at radius 3 is 2.83 bits per heavy atom. The van der Waals surface area contributed by atoms with E-state index in [4.69, 9.17) is 14.2 Å². The number of ether oxygens (including phenoxy) is 3. The van der Waals surface area contributed by atoms with Crippen molar-refractivity contribution in [3.05, 3.63) is 11.1 Å². The number of epoxide rings is 2. The van der Waals surface area contributed by atoms with Crippen molar-refractivity contribution in [2.75, 3.05) is 6.61 Å². The second-order valence-corrected chi connectivity index (χ2v) is 8.85. The first kappa shape index (κ1) is 13.4. The molecule has 1 spiro atoms.